The first kappa shape index (κ1) is 24.4. The van der Waals surface area contributed by atoms with Gasteiger partial charge in [0.05, 0.1) is 19.8 Å². The van der Waals surface area contributed by atoms with Crippen LogP contribution < -0.4 is 0 Å². The number of thiol groups is 1. The molecule has 0 aromatic carbocycles. The zero-order valence-corrected chi connectivity index (χ0v) is 17.4. The largest absolute Gasteiger partial charge is 0.392 e. The second-order valence-corrected chi connectivity index (χ2v) is 9.98. The molecule has 0 radical (unpaired) electrons. The summed E-state index contributed by atoms with van der Waals surface area (Å²) in [6.07, 6.45) is -0.449. The van der Waals surface area contributed by atoms with Crippen molar-refractivity contribution in [2.24, 2.45) is 0 Å². The molecule has 4 nitrogen and oxygen atoms in total. The van der Waals surface area contributed by atoms with Gasteiger partial charge < -0.3 is 14.6 Å². The lowest BCUT2D eigenvalue weighted by Gasteiger charge is -2.23. The van der Waals surface area contributed by atoms with Gasteiger partial charge in [0, 0.05) is 12.0 Å². The molecule has 0 aliphatic carbocycles. The van der Waals surface area contributed by atoms with Crippen LogP contribution in [-0.4, -0.2) is 43.9 Å². The van der Waals surface area contributed by atoms with E-state index in [-0.39, 0.29) is 32.7 Å². The van der Waals surface area contributed by atoms with Crippen molar-refractivity contribution in [1.29, 1.82) is 0 Å². The lowest BCUT2D eigenvalue weighted by atomic mass is 10.1. The van der Waals surface area contributed by atoms with Gasteiger partial charge >= 0.3 is 0 Å². The normalized spacial score (nSPS) is 14.2. The molecular weight excluding hydrogens is 453 g/mol. The summed E-state index contributed by atoms with van der Waals surface area (Å²) in [5.41, 5.74) is 0.835. The average molecular weight is 469 g/mol. The number of hydrogen-bond donors (Lipinski definition) is 2. The van der Waals surface area contributed by atoms with Crippen molar-refractivity contribution < 1.29 is 19.4 Å². The molecule has 136 valence electrons. The summed E-state index contributed by atoms with van der Waals surface area (Å²) in [7, 11) is 0. The summed E-state index contributed by atoms with van der Waals surface area (Å²) in [6.45, 7) is 0.837. The average Bonchev–Trinajstić information content (AvgIpc) is 2.38. The van der Waals surface area contributed by atoms with E-state index in [2.05, 4.69) is 12.6 Å². The Balaban J connectivity index is 4.82. The predicted octanol–water partition coefficient (Wildman–Crippen LogP) is 4.63. The maximum absolute atomic E-state index is 11.5. The zero-order valence-electron chi connectivity index (χ0n) is 12.0. The summed E-state index contributed by atoms with van der Waals surface area (Å²) in [5, 5.41) is 8.67. The maximum atomic E-state index is 11.5. The quantitative estimate of drug-likeness (QED) is 0.224. The van der Waals surface area contributed by atoms with Crippen LogP contribution in [0.2, 0.25) is 0 Å². The van der Waals surface area contributed by atoms with Gasteiger partial charge in [0.1, 0.15) is 0 Å². The van der Waals surface area contributed by atoms with E-state index < -0.39 is 19.0 Å². The number of halogens is 6. The van der Waals surface area contributed by atoms with Gasteiger partial charge in [-0.15, -0.1) is 12.6 Å². The van der Waals surface area contributed by atoms with Crippen LogP contribution in [0.25, 0.3) is 0 Å². The molecule has 0 atom stereocenters. The minimum absolute atomic E-state index is 0.209. The molecule has 0 saturated carbocycles. The summed E-state index contributed by atoms with van der Waals surface area (Å²) in [4.78, 5) is 11.5. The smallest absolute Gasteiger partial charge is 0.213 e. The van der Waals surface area contributed by atoms with E-state index in [4.69, 9.17) is 84.2 Å². The minimum atomic E-state index is -1.64. The molecule has 0 fully saturated rings. The Bertz CT molecular complexity index is 401. The fraction of sp³-hybridized carbons (Fsp3) is 0.750. The number of rotatable bonds is 9. The molecule has 0 heterocycles. The third-order valence-corrected chi connectivity index (χ3v) is 3.43. The van der Waals surface area contributed by atoms with Gasteiger partial charge in [-0.1, -0.05) is 69.6 Å². The highest BCUT2D eigenvalue weighted by Crippen LogP contribution is 2.30. The summed E-state index contributed by atoms with van der Waals surface area (Å²) in [6, 6.07) is 0. The molecule has 0 aliphatic heterocycles. The monoisotopic (exact) mass is 466 g/mol. The number of ether oxygens (including phenoxy) is 2. The number of aliphatic hydroxyl groups is 1. The van der Waals surface area contributed by atoms with Crippen molar-refractivity contribution in [3.63, 3.8) is 0 Å². The van der Waals surface area contributed by atoms with Gasteiger partial charge in [0.2, 0.25) is 12.7 Å². The number of aliphatic hydroxyl groups excluding tert-OH is 1. The Morgan fingerprint density at radius 3 is 1.83 bits per heavy atom. The molecule has 0 aromatic heterocycles. The highest BCUT2D eigenvalue weighted by Gasteiger charge is 2.26. The van der Waals surface area contributed by atoms with Crippen molar-refractivity contribution in [2.45, 2.75) is 33.6 Å². The first-order valence-corrected chi connectivity index (χ1v) is 8.96. The summed E-state index contributed by atoms with van der Waals surface area (Å²) < 4.78 is 7.38. The van der Waals surface area contributed by atoms with Crippen LogP contribution in [0.4, 0.5) is 0 Å². The number of hydrogen-bond acceptors (Lipinski definition) is 4. The van der Waals surface area contributed by atoms with Crippen molar-refractivity contribution >= 4 is 87.3 Å². The molecule has 0 spiro atoms. The second-order valence-electron chi connectivity index (χ2n) is 4.54. The van der Waals surface area contributed by atoms with E-state index in [0.717, 1.165) is 0 Å². The molecule has 1 N–H and O–H groups in total. The van der Waals surface area contributed by atoms with E-state index in [0.29, 0.717) is 11.1 Å². The van der Waals surface area contributed by atoms with Crippen LogP contribution in [-0.2, 0) is 14.3 Å². The lowest BCUT2D eigenvalue weighted by Crippen LogP contribution is -2.27. The maximum Gasteiger partial charge on any atom is 0.213 e. The second kappa shape index (κ2) is 11.2. The number of alkyl halides is 6. The Morgan fingerprint density at radius 2 is 1.52 bits per heavy atom. The number of carbonyl (C=O) groups excluding carboxylic acids is 1. The SMILES string of the molecule is C/C(CO)=C(\CCC(OCC(Cl)(Cl)Cl)OCC(Cl)(Cl)Cl)C(=O)S. The molecule has 0 unspecified atom stereocenters. The third-order valence-electron chi connectivity index (χ3n) is 2.51. The van der Waals surface area contributed by atoms with Crippen molar-refractivity contribution in [2.75, 3.05) is 19.8 Å². The molecule has 0 aromatic rings. The Labute approximate surface area is 170 Å². The van der Waals surface area contributed by atoms with Crippen LogP contribution in [0.1, 0.15) is 19.8 Å². The fourth-order valence-electron chi connectivity index (χ4n) is 1.45. The molecule has 23 heavy (non-hydrogen) atoms. The van der Waals surface area contributed by atoms with Crippen LogP contribution in [0, 0.1) is 0 Å². The van der Waals surface area contributed by atoms with Crippen molar-refractivity contribution in [3.05, 3.63) is 11.1 Å². The third kappa shape index (κ3) is 13.3. The highest BCUT2D eigenvalue weighted by molar-refractivity contribution is 7.97. The van der Waals surface area contributed by atoms with Crippen LogP contribution in [0.5, 0.6) is 0 Å². The van der Waals surface area contributed by atoms with Gasteiger partial charge in [-0.2, -0.15) is 0 Å². The number of carbonyl (C=O) groups is 1. The first-order valence-electron chi connectivity index (χ1n) is 6.25. The van der Waals surface area contributed by atoms with Crippen LogP contribution >= 0.6 is 82.2 Å². The van der Waals surface area contributed by atoms with Crippen LogP contribution in [0.3, 0.4) is 0 Å². The Hall–Kier alpha value is 1.38. The van der Waals surface area contributed by atoms with E-state index in [1.54, 1.807) is 6.92 Å². The predicted molar refractivity (Wildman–Crippen MR) is 99.3 cm³/mol. The standard InChI is InChI=1S/C12H16Cl6O4S/c1-7(4-19)8(10(20)23)2-3-9(21-5-11(13,14)15)22-6-12(16,17)18/h9,19H,2-6H2,1H3,(H,20,23)/b8-7-. The van der Waals surface area contributed by atoms with Gasteiger partial charge in [-0.05, 0) is 18.9 Å². The Morgan fingerprint density at radius 1 is 1.09 bits per heavy atom. The van der Waals surface area contributed by atoms with Crippen molar-refractivity contribution in [3.8, 4) is 0 Å². The Kier molecular flexibility index (Phi) is 11.8. The van der Waals surface area contributed by atoms with Crippen LogP contribution in [0.15, 0.2) is 11.1 Å². The molecule has 0 bridgehead atoms. The van der Waals surface area contributed by atoms with Crippen molar-refractivity contribution in [1.82, 2.24) is 0 Å². The van der Waals surface area contributed by atoms with E-state index in [1.807, 2.05) is 0 Å². The minimum Gasteiger partial charge on any atom is -0.392 e. The molecule has 0 saturated heterocycles. The van der Waals surface area contributed by atoms with Gasteiger partial charge in [0.25, 0.3) is 0 Å². The topological polar surface area (TPSA) is 55.8 Å². The molecule has 0 amide bonds. The van der Waals surface area contributed by atoms with E-state index >= 15 is 0 Å². The van der Waals surface area contributed by atoms with Gasteiger partial charge in [0.15, 0.2) is 6.29 Å². The molecular formula is C12H16Cl6O4S. The summed E-state index contributed by atoms with van der Waals surface area (Å²) in [5.74, 6) is 0. The van der Waals surface area contributed by atoms with Gasteiger partial charge in [-0.3, -0.25) is 4.79 Å². The molecule has 0 rings (SSSR count). The zero-order chi connectivity index (χ0) is 18.3. The molecule has 11 heteroatoms. The van der Waals surface area contributed by atoms with Gasteiger partial charge in [-0.25, -0.2) is 0 Å². The first-order chi connectivity index (χ1) is 10.4. The fourth-order valence-corrected chi connectivity index (χ4v) is 2.13. The summed E-state index contributed by atoms with van der Waals surface area (Å²) >= 11 is 37.5. The van der Waals surface area contributed by atoms with E-state index in [9.17, 15) is 4.79 Å². The lowest BCUT2D eigenvalue weighted by molar-refractivity contribution is -0.143. The highest BCUT2D eigenvalue weighted by atomic mass is 35.6. The van der Waals surface area contributed by atoms with E-state index in [1.165, 1.54) is 0 Å². The molecule has 0 aliphatic rings.